The summed E-state index contributed by atoms with van der Waals surface area (Å²) in [6, 6.07) is 20.7. The van der Waals surface area contributed by atoms with Gasteiger partial charge in [-0.2, -0.15) is 0 Å². The fourth-order valence-electron chi connectivity index (χ4n) is 7.18. The zero-order valence-electron chi connectivity index (χ0n) is 21.2. The molecule has 1 aliphatic carbocycles. The third-order valence-corrected chi connectivity index (χ3v) is 10.4. The van der Waals surface area contributed by atoms with Crippen LogP contribution in [-0.2, 0) is 12.1 Å². The summed E-state index contributed by atoms with van der Waals surface area (Å²) in [6.45, 7) is 4.51. The lowest BCUT2D eigenvalue weighted by molar-refractivity contribution is -0.959. The van der Waals surface area contributed by atoms with Crippen LogP contribution in [0.1, 0.15) is 62.2 Å². The second-order valence-corrected chi connectivity index (χ2v) is 12.5. The molecule has 0 amide bonds. The fraction of sp³-hybridized carbons (Fsp3) is 0.516. The van der Waals surface area contributed by atoms with Gasteiger partial charge in [0.15, 0.2) is 11.7 Å². The Hall–Kier alpha value is -2.08. The molecule has 4 aliphatic rings. The van der Waals surface area contributed by atoms with Gasteiger partial charge in [-0.3, -0.25) is 0 Å². The van der Waals surface area contributed by atoms with E-state index in [1.807, 2.05) is 48.3 Å². The Bertz CT molecular complexity index is 1120. The predicted molar refractivity (Wildman–Crippen MR) is 142 cm³/mol. The lowest BCUT2D eigenvalue weighted by Crippen LogP contribution is -2.61. The van der Waals surface area contributed by atoms with Crippen LogP contribution in [0.4, 0.5) is 0 Å². The van der Waals surface area contributed by atoms with E-state index in [1.54, 1.807) is 0 Å². The van der Waals surface area contributed by atoms with Crippen molar-refractivity contribution >= 4 is 11.8 Å². The van der Waals surface area contributed by atoms with E-state index < -0.39 is 5.60 Å². The Labute approximate surface area is 219 Å². The van der Waals surface area contributed by atoms with Crippen LogP contribution in [0.5, 0.6) is 0 Å². The Morgan fingerprint density at radius 2 is 1.61 bits per heavy atom. The van der Waals surface area contributed by atoms with Gasteiger partial charge in [0, 0.05) is 29.4 Å². The van der Waals surface area contributed by atoms with Crippen molar-refractivity contribution in [1.29, 1.82) is 0 Å². The molecule has 0 radical (unpaired) electrons. The Kier molecular flexibility index (Phi) is 6.98. The maximum Gasteiger partial charge on any atom is 0.188 e. The first-order chi connectivity index (χ1) is 17.6. The molecule has 2 atom stereocenters. The van der Waals surface area contributed by atoms with Gasteiger partial charge in [0.05, 0.1) is 25.8 Å². The summed E-state index contributed by atoms with van der Waals surface area (Å²) < 4.78 is 7.51. The Morgan fingerprint density at radius 1 is 0.917 bits per heavy atom. The molecule has 1 aromatic heterocycles. The number of benzene rings is 2. The zero-order valence-corrected chi connectivity index (χ0v) is 22.0. The van der Waals surface area contributed by atoms with Crippen LogP contribution in [0.15, 0.2) is 76.2 Å². The van der Waals surface area contributed by atoms with Crippen molar-refractivity contribution in [2.75, 3.05) is 25.4 Å². The van der Waals surface area contributed by atoms with Gasteiger partial charge in [0.1, 0.15) is 6.54 Å². The van der Waals surface area contributed by atoms with Crippen LogP contribution in [0.25, 0.3) is 0 Å². The normalized spacial score (nSPS) is 28.1. The van der Waals surface area contributed by atoms with E-state index in [4.69, 9.17) is 4.42 Å². The second kappa shape index (κ2) is 10.4. The van der Waals surface area contributed by atoms with E-state index in [2.05, 4.69) is 35.3 Å². The number of quaternary nitrogens is 1. The van der Waals surface area contributed by atoms with E-state index in [0.717, 1.165) is 59.9 Å². The number of hydrogen-bond acceptors (Lipinski definition) is 4. The molecule has 4 nitrogen and oxygen atoms in total. The monoisotopic (exact) mass is 502 g/mol. The minimum atomic E-state index is -1.40. The summed E-state index contributed by atoms with van der Waals surface area (Å²) in [6.07, 6.45) is 9.86. The zero-order chi connectivity index (χ0) is 24.4. The van der Waals surface area contributed by atoms with Crippen LogP contribution in [0, 0.1) is 17.8 Å². The number of nitrogens with zero attached hydrogens (tertiary/aromatic N) is 2. The van der Waals surface area contributed by atoms with Crippen LogP contribution in [-0.4, -0.2) is 34.9 Å². The number of thioether (sulfide) groups is 1. The van der Waals surface area contributed by atoms with Gasteiger partial charge in [0.25, 0.3) is 0 Å². The van der Waals surface area contributed by atoms with Gasteiger partial charge in [-0.05, 0) is 35.1 Å². The number of rotatable bonds is 8. The molecule has 0 N–H and O–H groups in total. The van der Waals surface area contributed by atoms with Gasteiger partial charge in [0.2, 0.25) is 0 Å². The molecule has 7 rings (SSSR count). The summed E-state index contributed by atoms with van der Waals surface area (Å²) in [4.78, 5) is 6.06. The summed E-state index contributed by atoms with van der Waals surface area (Å²) in [5.74, 6) is 4.10. The molecule has 3 aromatic rings. The highest BCUT2D eigenvalue weighted by molar-refractivity contribution is 7.99. The Balaban J connectivity index is 1.20. The third-order valence-electron chi connectivity index (χ3n) is 9.19. The molecule has 2 bridgehead atoms. The van der Waals surface area contributed by atoms with Crippen molar-refractivity contribution in [3.8, 4) is 0 Å². The van der Waals surface area contributed by atoms with Crippen molar-refractivity contribution in [1.82, 2.24) is 4.98 Å². The van der Waals surface area contributed by atoms with E-state index in [1.165, 1.54) is 49.5 Å². The van der Waals surface area contributed by atoms with Crippen LogP contribution in [0.3, 0.4) is 0 Å². The van der Waals surface area contributed by atoms with E-state index in [-0.39, 0.29) is 5.92 Å². The van der Waals surface area contributed by atoms with Crippen LogP contribution in [0.2, 0.25) is 0 Å². The van der Waals surface area contributed by atoms with Gasteiger partial charge < -0.3 is 14.0 Å². The lowest BCUT2D eigenvalue weighted by atomic mass is 9.73. The molecule has 0 unspecified atom stereocenters. The van der Waals surface area contributed by atoms with Crippen molar-refractivity contribution < 1.29 is 14.0 Å². The number of aromatic nitrogens is 1. The lowest BCUT2D eigenvalue weighted by Gasteiger charge is -2.52. The summed E-state index contributed by atoms with van der Waals surface area (Å²) in [5, 5.41) is 14.6. The van der Waals surface area contributed by atoms with Crippen LogP contribution < -0.4 is 5.11 Å². The van der Waals surface area contributed by atoms with E-state index in [9.17, 15) is 5.11 Å². The summed E-state index contributed by atoms with van der Waals surface area (Å²) >= 11 is 2.01. The SMILES string of the molecule is [O-][C@](c1ccccc1)(c1ncc(C[N+]23CCC(CC2)[C@H](CSc2ccccc2)C3)o1)C1CCCCC1. The van der Waals surface area contributed by atoms with Gasteiger partial charge in [-0.25, -0.2) is 4.98 Å². The molecule has 3 saturated heterocycles. The average Bonchev–Trinajstić information content (AvgIpc) is 3.42. The molecule has 4 heterocycles. The minimum Gasteiger partial charge on any atom is -0.839 e. The first-order valence-corrected chi connectivity index (χ1v) is 14.9. The highest BCUT2D eigenvalue weighted by Gasteiger charge is 2.46. The van der Waals surface area contributed by atoms with Gasteiger partial charge in [-0.1, -0.05) is 80.6 Å². The standard InChI is InChI=1S/C31H38N2O2S/c34-31(26-10-4-1-5-11-26,27-12-6-2-7-13-27)30-32-20-28(35-30)22-33-18-16-24(17-19-33)25(21-33)23-36-29-14-8-3-9-15-29/h1,3-5,8-11,14-15,20,24-25,27H,2,6-7,12-13,16-19,21-23H2/t24?,25-,31-,33?/m0/s1. The second-order valence-electron chi connectivity index (χ2n) is 11.4. The maximum atomic E-state index is 14.6. The molecule has 4 fully saturated rings. The van der Waals surface area contributed by atoms with Crippen LogP contribution >= 0.6 is 11.8 Å². The largest absolute Gasteiger partial charge is 0.839 e. The van der Waals surface area contributed by atoms with Crippen molar-refractivity contribution in [3.05, 3.63) is 84.1 Å². The first-order valence-electron chi connectivity index (χ1n) is 13.9. The fourth-order valence-corrected chi connectivity index (χ4v) is 8.31. The van der Waals surface area contributed by atoms with Crippen molar-refractivity contribution in [2.24, 2.45) is 17.8 Å². The van der Waals surface area contributed by atoms with Gasteiger partial charge in [-0.15, -0.1) is 11.8 Å². The molecule has 190 valence electrons. The van der Waals surface area contributed by atoms with E-state index >= 15 is 0 Å². The van der Waals surface area contributed by atoms with Crippen molar-refractivity contribution in [3.63, 3.8) is 0 Å². The quantitative estimate of drug-likeness (QED) is 0.280. The molecular weight excluding hydrogens is 464 g/mol. The smallest absolute Gasteiger partial charge is 0.188 e. The number of oxazole rings is 1. The Morgan fingerprint density at radius 3 is 2.33 bits per heavy atom. The third kappa shape index (κ3) is 4.78. The predicted octanol–water partition coefficient (Wildman–Crippen LogP) is 6.01. The molecule has 2 aromatic carbocycles. The average molecular weight is 503 g/mol. The van der Waals surface area contributed by atoms with Crippen molar-refractivity contribution in [2.45, 2.75) is 62.0 Å². The first kappa shape index (κ1) is 24.3. The molecule has 1 saturated carbocycles. The molecule has 3 aliphatic heterocycles. The molecule has 0 spiro atoms. The highest BCUT2D eigenvalue weighted by atomic mass is 32.2. The summed E-state index contributed by atoms with van der Waals surface area (Å²) in [5.41, 5.74) is -0.599. The number of hydrogen-bond donors (Lipinski definition) is 0. The molecule has 5 heteroatoms. The topological polar surface area (TPSA) is 49.1 Å². The molecule has 36 heavy (non-hydrogen) atoms. The van der Waals surface area contributed by atoms with Gasteiger partial charge >= 0.3 is 0 Å². The number of fused-ring (bicyclic) bond motifs is 3. The molecular formula is C31H38N2O2S. The maximum absolute atomic E-state index is 14.6. The summed E-state index contributed by atoms with van der Waals surface area (Å²) in [7, 11) is 0. The van der Waals surface area contributed by atoms with E-state index in [0.29, 0.717) is 5.89 Å². The minimum absolute atomic E-state index is 0.0392. The highest BCUT2D eigenvalue weighted by Crippen LogP contribution is 2.44. The number of piperidine rings is 3.